The van der Waals surface area contributed by atoms with Gasteiger partial charge in [-0.05, 0) is 78.2 Å². The van der Waals surface area contributed by atoms with Crippen LogP contribution in [-0.2, 0) is 4.74 Å². The fourth-order valence-electron chi connectivity index (χ4n) is 3.62. The fraction of sp³-hybridized carbons (Fsp3) is 0.944. The average molecular weight is 310 g/mol. The molecule has 1 aliphatic carbocycles. The Labute approximate surface area is 136 Å². The number of hydrogen-bond acceptors (Lipinski definition) is 3. The van der Waals surface area contributed by atoms with Gasteiger partial charge in [-0.3, -0.25) is 0 Å². The van der Waals surface area contributed by atoms with Crippen molar-refractivity contribution in [3.05, 3.63) is 0 Å². The van der Waals surface area contributed by atoms with E-state index in [1.807, 2.05) is 25.7 Å². The first kappa shape index (κ1) is 17.6. The first-order valence-electron chi connectivity index (χ1n) is 9.08. The van der Waals surface area contributed by atoms with Gasteiger partial charge in [0.2, 0.25) is 0 Å². The van der Waals surface area contributed by atoms with Crippen molar-refractivity contribution >= 4 is 6.09 Å². The molecule has 128 valence electrons. The first-order chi connectivity index (χ1) is 10.3. The van der Waals surface area contributed by atoms with Crippen LogP contribution in [0.4, 0.5) is 4.79 Å². The Bertz CT molecular complexity index is 357. The number of rotatable bonds is 4. The van der Waals surface area contributed by atoms with Crippen LogP contribution in [0, 0.1) is 5.92 Å². The summed E-state index contributed by atoms with van der Waals surface area (Å²) in [5.74, 6) is 0.899. The molecule has 1 N–H and O–H groups in total. The van der Waals surface area contributed by atoms with Gasteiger partial charge in [0, 0.05) is 18.6 Å². The minimum Gasteiger partial charge on any atom is -0.444 e. The Kier molecular flexibility index (Phi) is 6.13. The van der Waals surface area contributed by atoms with E-state index in [1.54, 1.807) is 0 Å². The van der Waals surface area contributed by atoms with Crippen LogP contribution in [0.25, 0.3) is 0 Å². The van der Waals surface area contributed by atoms with Crippen molar-refractivity contribution < 1.29 is 9.53 Å². The van der Waals surface area contributed by atoms with Gasteiger partial charge in [0.1, 0.15) is 5.60 Å². The van der Waals surface area contributed by atoms with Crippen LogP contribution in [-0.4, -0.2) is 41.8 Å². The van der Waals surface area contributed by atoms with Gasteiger partial charge in [-0.15, -0.1) is 0 Å². The molecule has 1 saturated carbocycles. The van der Waals surface area contributed by atoms with Gasteiger partial charge in [-0.25, -0.2) is 4.79 Å². The largest absolute Gasteiger partial charge is 0.444 e. The van der Waals surface area contributed by atoms with E-state index in [-0.39, 0.29) is 6.09 Å². The van der Waals surface area contributed by atoms with E-state index in [9.17, 15) is 4.79 Å². The quantitative estimate of drug-likeness (QED) is 0.855. The molecule has 0 aromatic carbocycles. The van der Waals surface area contributed by atoms with Crippen molar-refractivity contribution in [3.8, 4) is 0 Å². The molecule has 1 atom stereocenters. The van der Waals surface area contributed by atoms with Crippen molar-refractivity contribution in [1.29, 1.82) is 0 Å². The molecule has 0 aromatic heterocycles. The van der Waals surface area contributed by atoms with Crippen LogP contribution in [0.2, 0.25) is 0 Å². The van der Waals surface area contributed by atoms with Crippen LogP contribution >= 0.6 is 0 Å². The van der Waals surface area contributed by atoms with E-state index in [0.717, 1.165) is 38.3 Å². The maximum absolute atomic E-state index is 12.3. The first-order valence-corrected chi connectivity index (χ1v) is 9.08. The predicted octanol–water partition coefficient (Wildman–Crippen LogP) is 3.94. The Morgan fingerprint density at radius 1 is 1.18 bits per heavy atom. The number of carbonyl (C=O) groups is 1. The third kappa shape index (κ3) is 5.45. The molecule has 0 spiro atoms. The lowest BCUT2D eigenvalue weighted by Gasteiger charge is -2.30. The van der Waals surface area contributed by atoms with Crippen molar-refractivity contribution in [1.82, 2.24) is 10.2 Å². The molecule has 4 nitrogen and oxygen atoms in total. The molecule has 1 aliphatic heterocycles. The van der Waals surface area contributed by atoms with Gasteiger partial charge in [-0.2, -0.15) is 0 Å². The van der Waals surface area contributed by atoms with Gasteiger partial charge in [-0.1, -0.05) is 6.92 Å². The summed E-state index contributed by atoms with van der Waals surface area (Å²) in [5, 5.41) is 3.70. The minimum absolute atomic E-state index is 0.138. The molecule has 2 rings (SSSR count). The summed E-state index contributed by atoms with van der Waals surface area (Å²) in [7, 11) is 0. The molecular formula is C18H34N2O2. The lowest BCUT2D eigenvalue weighted by molar-refractivity contribution is 0.0220. The van der Waals surface area contributed by atoms with Gasteiger partial charge in [0.25, 0.3) is 0 Å². The number of hydrogen-bond donors (Lipinski definition) is 1. The predicted molar refractivity (Wildman–Crippen MR) is 90.0 cm³/mol. The molecule has 0 aromatic rings. The lowest BCUT2D eigenvalue weighted by Crippen LogP contribution is -2.42. The number of carbonyl (C=O) groups excluding carboxylic acids is 1. The monoisotopic (exact) mass is 310 g/mol. The molecule has 2 aliphatic rings. The van der Waals surface area contributed by atoms with Crippen molar-refractivity contribution in [2.45, 2.75) is 90.3 Å². The summed E-state index contributed by atoms with van der Waals surface area (Å²) in [6.07, 6.45) is 8.44. The number of amides is 1. The van der Waals surface area contributed by atoms with Gasteiger partial charge >= 0.3 is 6.09 Å². The Morgan fingerprint density at radius 2 is 1.86 bits per heavy atom. The highest BCUT2D eigenvalue weighted by Gasteiger charge is 2.31. The summed E-state index contributed by atoms with van der Waals surface area (Å²) in [5.41, 5.74) is -0.402. The maximum atomic E-state index is 12.3. The second kappa shape index (κ2) is 7.67. The van der Waals surface area contributed by atoms with Crippen molar-refractivity contribution in [2.24, 2.45) is 5.92 Å². The van der Waals surface area contributed by atoms with Crippen LogP contribution in [0.3, 0.4) is 0 Å². The highest BCUT2D eigenvalue weighted by molar-refractivity contribution is 5.68. The molecule has 22 heavy (non-hydrogen) atoms. The van der Waals surface area contributed by atoms with E-state index in [2.05, 4.69) is 12.2 Å². The fourth-order valence-corrected chi connectivity index (χ4v) is 3.62. The highest BCUT2D eigenvalue weighted by Crippen LogP contribution is 2.25. The third-order valence-electron chi connectivity index (χ3n) is 4.93. The van der Waals surface area contributed by atoms with E-state index in [1.165, 1.54) is 25.7 Å². The second-order valence-corrected chi connectivity index (χ2v) is 8.17. The van der Waals surface area contributed by atoms with Crippen LogP contribution in [0.5, 0.6) is 0 Å². The summed E-state index contributed by atoms with van der Waals surface area (Å²) < 4.78 is 5.53. The van der Waals surface area contributed by atoms with Crippen LogP contribution in [0.1, 0.15) is 72.6 Å². The van der Waals surface area contributed by atoms with E-state index < -0.39 is 5.60 Å². The standard InChI is InChI=1S/C18H34N2O2/c1-14-7-9-15(10-8-14)19-12-11-16-6-5-13-20(16)17(21)22-18(2,3)4/h14-16,19H,5-13H2,1-4H3. The minimum atomic E-state index is -0.402. The van der Waals surface area contributed by atoms with Crippen molar-refractivity contribution in [2.75, 3.05) is 13.1 Å². The van der Waals surface area contributed by atoms with E-state index in [0.29, 0.717) is 12.1 Å². The highest BCUT2D eigenvalue weighted by atomic mass is 16.6. The molecule has 1 saturated heterocycles. The number of likely N-dealkylation sites (tertiary alicyclic amines) is 1. The van der Waals surface area contributed by atoms with Gasteiger partial charge in [0.15, 0.2) is 0 Å². The topological polar surface area (TPSA) is 41.6 Å². The van der Waals surface area contributed by atoms with Gasteiger partial charge in [0.05, 0.1) is 0 Å². The van der Waals surface area contributed by atoms with E-state index in [4.69, 9.17) is 4.74 Å². The summed E-state index contributed by atoms with van der Waals surface area (Å²) in [6.45, 7) is 10.0. The molecule has 0 radical (unpaired) electrons. The molecule has 0 bridgehead atoms. The molecule has 1 amide bonds. The van der Waals surface area contributed by atoms with E-state index >= 15 is 0 Å². The molecule has 1 unspecified atom stereocenters. The number of nitrogens with zero attached hydrogens (tertiary/aromatic N) is 1. The lowest BCUT2D eigenvalue weighted by atomic mass is 9.87. The maximum Gasteiger partial charge on any atom is 0.410 e. The zero-order valence-electron chi connectivity index (χ0n) is 14.9. The number of ether oxygens (including phenoxy) is 1. The van der Waals surface area contributed by atoms with Crippen LogP contribution < -0.4 is 5.32 Å². The molecule has 1 heterocycles. The second-order valence-electron chi connectivity index (χ2n) is 8.17. The SMILES string of the molecule is CC1CCC(NCCC2CCCN2C(=O)OC(C)(C)C)CC1. The Balaban J connectivity index is 1.71. The summed E-state index contributed by atoms with van der Waals surface area (Å²) >= 11 is 0. The van der Waals surface area contributed by atoms with Crippen LogP contribution in [0.15, 0.2) is 0 Å². The average Bonchev–Trinajstić information content (AvgIpc) is 2.88. The zero-order valence-corrected chi connectivity index (χ0v) is 14.9. The summed E-state index contributed by atoms with van der Waals surface area (Å²) in [4.78, 5) is 14.2. The molecule has 2 fully saturated rings. The normalized spacial score (nSPS) is 29.6. The molecule has 4 heteroatoms. The smallest absolute Gasteiger partial charge is 0.410 e. The Morgan fingerprint density at radius 3 is 2.50 bits per heavy atom. The number of nitrogens with one attached hydrogen (secondary N) is 1. The zero-order chi connectivity index (χ0) is 16.2. The van der Waals surface area contributed by atoms with Gasteiger partial charge < -0.3 is 15.0 Å². The van der Waals surface area contributed by atoms with Crippen molar-refractivity contribution in [3.63, 3.8) is 0 Å². The summed E-state index contributed by atoms with van der Waals surface area (Å²) in [6, 6.07) is 1.04. The molecular weight excluding hydrogens is 276 g/mol. The third-order valence-corrected chi connectivity index (χ3v) is 4.93. The Hall–Kier alpha value is -0.770.